The standard InChI is InChI=1S/C8H14F3NO/c1-7(3-2-4-7)12-5-6(13)8(9,10)11/h6,12-13H,2-5H2,1H3. The van der Waals surface area contributed by atoms with Crippen molar-refractivity contribution in [1.82, 2.24) is 5.32 Å². The first-order chi connectivity index (χ1) is 5.83. The molecule has 2 nitrogen and oxygen atoms in total. The quantitative estimate of drug-likeness (QED) is 0.717. The molecule has 5 heteroatoms. The molecule has 2 N–H and O–H groups in total. The molecule has 0 heterocycles. The smallest absolute Gasteiger partial charge is 0.382 e. The summed E-state index contributed by atoms with van der Waals surface area (Å²) in [6.45, 7) is 1.47. The Bertz CT molecular complexity index is 177. The minimum atomic E-state index is -4.51. The van der Waals surface area contributed by atoms with Gasteiger partial charge >= 0.3 is 6.18 Å². The molecule has 1 rings (SSSR count). The number of hydrogen-bond acceptors (Lipinski definition) is 2. The fourth-order valence-electron chi connectivity index (χ4n) is 1.34. The lowest BCUT2D eigenvalue weighted by atomic mass is 9.78. The van der Waals surface area contributed by atoms with Crippen molar-refractivity contribution in [1.29, 1.82) is 0 Å². The number of alkyl halides is 3. The van der Waals surface area contributed by atoms with E-state index in [1.54, 1.807) is 0 Å². The molecule has 0 bridgehead atoms. The van der Waals surface area contributed by atoms with E-state index in [1.165, 1.54) is 0 Å². The van der Waals surface area contributed by atoms with Gasteiger partial charge in [-0.3, -0.25) is 0 Å². The van der Waals surface area contributed by atoms with Gasteiger partial charge in [0.05, 0.1) is 0 Å². The molecule has 0 aliphatic heterocycles. The van der Waals surface area contributed by atoms with Gasteiger partial charge in [0.1, 0.15) is 0 Å². The maximum absolute atomic E-state index is 11.9. The number of aliphatic hydroxyl groups is 1. The van der Waals surface area contributed by atoms with E-state index in [-0.39, 0.29) is 5.54 Å². The number of aliphatic hydroxyl groups excluding tert-OH is 1. The summed E-state index contributed by atoms with van der Waals surface area (Å²) in [6, 6.07) is 0. The molecule has 0 aromatic rings. The van der Waals surface area contributed by atoms with Crippen molar-refractivity contribution in [2.45, 2.75) is 44.0 Å². The van der Waals surface area contributed by atoms with Crippen LogP contribution in [0.4, 0.5) is 13.2 Å². The Morgan fingerprint density at radius 1 is 1.46 bits per heavy atom. The lowest BCUT2D eigenvalue weighted by Crippen LogP contribution is -2.52. The third kappa shape index (κ3) is 2.84. The van der Waals surface area contributed by atoms with Crippen molar-refractivity contribution < 1.29 is 18.3 Å². The molecule has 0 amide bonds. The molecule has 0 radical (unpaired) electrons. The Kier molecular flexibility index (Phi) is 2.87. The molecule has 78 valence electrons. The second-order valence-corrected chi connectivity index (χ2v) is 3.85. The molecule has 1 unspecified atom stereocenters. The summed E-state index contributed by atoms with van der Waals surface area (Å²) in [4.78, 5) is 0. The first kappa shape index (κ1) is 10.8. The first-order valence-electron chi connectivity index (χ1n) is 4.33. The molecule has 0 aromatic heterocycles. The topological polar surface area (TPSA) is 32.3 Å². The Labute approximate surface area is 75.1 Å². The summed E-state index contributed by atoms with van der Waals surface area (Å²) < 4.78 is 35.6. The van der Waals surface area contributed by atoms with Crippen LogP contribution in [0.15, 0.2) is 0 Å². The summed E-state index contributed by atoms with van der Waals surface area (Å²) in [5.74, 6) is 0. The highest BCUT2D eigenvalue weighted by Gasteiger charge is 2.40. The van der Waals surface area contributed by atoms with Crippen LogP contribution in [-0.4, -0.2) is 29.5 Å². The SMILES string of the molecule is CC1(NCC(O)C(F)(F)F)CCC1. The third-order valence-electron chi connectivity index (χ3n) is 2.56. The fourth-order valence-corrected chi connectivity index (χ4v) is 1.34. The van der Waals surface area contributed by atoms with E-state index in [9.17, 15) is 13.2 Å². The predicted octanol–water partition coefficient (Wildman–Crippen LogP) is 1.44. The molecular weight excluding hydrogens is 183 g/mol. The van der Waals surface area contributed by atoms with Gasteiger partial charge < -0.3 is 10.4 Å². The van der Waals surface area contributed by atoms with Crippen molar-refractivity contribution >= 4 is 0 Å². The summed E-state index contributed by atoms with van der Waals surface area (Å²) in [6.07, 6.45) is -3.93. The Morgan fingerprint density at radius 2 is 2.00 bits per heavy atom. The highest BCUT2D eigenvalue weighted by molar-refractivity contribution is 4.92. The third-order valence-corrected chi connectivity index (χ3v) is 2.56. The molecule has 13 heavy (non-hydrogen) atoms. The molecular formula is C8H14F3NO. The van der Waals surface area contributed by atoms with Gasteiger partial charge in [0.2, 0.25) is 0 Å². The lowest BCUT2D eigenvalue weighted by molar-refractivity contribution is -0.203. The molecule has 0 spiro atoms. The minimum Gasteiger partial charge on any atom is -0.382 e. The normalized spacial score (nSPS) is 23.8. The van der Waals surface area contributed by atoms with Crippen molar-refractivity contribution in [3.63, 3.8) is 0 Å². The van der Waals surface area contributed by atoms with Crippen LogP contribution in [0, 0.1) is 0 Å². The van der Waals surface area contributed by atoms with Crippen molar-refractivity contribution in [2.75, 3.05) is 6.54 Å². The van der Waals surface area contributed by atoms with Crippen LogP contribution in [0.25, 0.3) is 0 Å². The van der Waals surface area contributed by atoms with E-state index >= 15 is 0 Å². The molecule has 0 aromatic carbocycles. The van der Waals surface area contributed by atoms with E-state index in [0.29, 0.717) is 0 Å². The summed E-state index contributed by atoms with van der Waals surface area (Å²) in [7, 11) is 0. The van der Waals surface area contributed by atoms with Crippen LogP contribution in [0.5, 0.6) is 0 Å². The van der Waals surface area contributed by atoms with Crippen LogP contribution in [0.2, 0.25) is 0 Å². The van der Waals surface area contributed by atoms with Gasteiger partial charge in [0.25, 0.3) is 0 Å². The van der Waals surface area contributed by atoms with Gasteiger partial charge in [-0.25, -0.2) is 0 Å². The summed E-state index contributed by atoms with van der Waals surface area (Å²) >= 11 is 0. The van der Waals surface area contributed by atoms with Crippen LogP contribution in [0.1, 0.15) is 26.2 Å². The van der Waals surface area contributed by atoms with Gasteiger partial charge in [0.15, 0.2) is 6.10 Å². The largest absolute Gasteiger partial charge is 0.415 e. The Balaban J connectivity index is 2.26. The molecule has 1 aliphatic rings. The molecule has 0 saturated heterocycles. The zero-order valence-corrected chi connectivity index (χ0v) is 7.49. The van der Waals surface area contributed by atoms with Crippen LogP contribution in [0.3, 0.4) is 0 Å². The number of rotatable bonds is 3. The van der Waals surface area contributed by atoms with Crippen molar-refractivity contribution in [3.05, 3.63) is 0 Å². The maximum Gasteiger partial charge on any atom is 0.415 e. The predicted molar refractivity (Wildman–Crippen MR) is 42.3 cm³/mol. The van der Waals surface area contributed by atoms with Crippen molar-refractivity contribution in [3.8, 4) is 0 Å². The van der Waals surface area contributed by atoms with Crippen LogP contribution >= 0.6 is 0 Å². The monoisotopic (exact) mass is 197 g/mol. The van der Waals surface area contributed by atoms with E-state index < -0.39 is 18.8 Å². The Hall–Kier alpha value is -0.290. The average Bonchev–Trinajstić information content (AvgIpc) is 1.94. The van der Waals surface area contributed by atoms with Gasteiger partial charge in [-0.1, -0.05) is 0 Å². The van der Waals surface area contributed by atoms with Crippen molar-refractivity contribution in [2.24, 2.45) is 0 Å². The zero-order valence-electron chi connectivity index (χ0n) is 7.49. The van der Waals surface area contributed by atoms with Gasteiger partial charge in [-0.05, 0) is 26.2 Å². The molecule has 1 atom stereocenters. The fraction of sp³-hybridized carbons (Fsp3) is 1.00. The molecule has 1 aliphatic carbocycles. The average molecular weight is 197 g/mol. The van der Waals surface area contributed by atoms with Crippen LogP contribution in [-0.2, 0) is 0 Å². The van der Waals surface area contributed by atoms with Gasteiger partial charge in [0, 0.05) is 12.1 Å². The second kappa shape index (κ2) is 3.46. The van der Waals surface area contributed by atoms with E-state index in [2.05, 4.69) is 5.32 Å². The van der Waals surface area contributed by atoms with Crippen LogP contribution < -0.4 is 5.32 Å². The highest BCUT2D eigenvalue weighted by Crippen LogP contribution is 2.31. The number of β-amino-alcohol motifs (C(OH)–C–C–N with tert-alkyl or cyclic N) is 1. The number of hydrogen-bond donors (Lipinski definition) is 2. The number of nitrogens with one attached hydrogen (secondary N) is 1. The first-order valence-corrected chi connectivity index (χ1v) is 4.33. The maximum atomic E-state index is 11.9. The lowest BCUT2D eigenvalue weighted by Gasteiger charge is -2.40. The van der Waals surface area contributed by atoms with E-state index in [0.717, 1.165) is 19.3 Å². The minimum absolute atomic E-state index is 0.188. The second-order valence-electron chi connectivity index (χ2n) is 3.85. The highest BCUT2D eigenvalue weighted by atomic mass is 19.4. The summed E-state index contributed by atoms with van der Waals surface area (Å²) in [5.41, 5.74) is -0.188. The van der Waals surface area contributed by atoms with Gasteiger partial charge in [-0.15, -0.1) is 0 Å². The Morgan fingerprint density at radius 3 is 2.31 bits per heavy atom. The number of halogens is 3. The van der Waals surface area contributed by atoms with E-state index in [4.69, 9.17) is 5.11 Å². The zero-order chi connectivity index (χ0) is 10.1. The molecule has 1 saturated carbocycles. The summed E-state index contributed by atoms with van der Waals surface area (Å²) in [5, 5.41) is 11.4. The van der Waals surface area contributed by atoms with E-state index in [1.807, 2.05) is 6.92 Å². The van der Waals surface area contributed by atoms with Gasteiger partial charge in [-0.2, -0.15) is 13.2 Å². The molecule has 1 fully saturated rings.